The fourth-order valence-corrected chi connectivity index (χ4v) is 4.97. The number of ether oxygens (including phenoxy) is 3. The third-order valence-electron chi connectivity index (χ3n) is 6.95. The minimum atomic E-state index is 0. The highest BCUT2D eigenvalue weighted by molar-refractivity contribution is 5.85. The summed E-state index contributed by atoms with van der Waals surface area (Å²) in [5.74, 6) is 2.74. The Morgan fingerprint density at radius 1 is 0.500 bits per heavy atom. The van der Waals surface area contributed by atoms with Gasteiger partial charge in [0, 0.05) is 12.8 Å². The van der Waals surface area contributed by atoms with E-state index in [-0.39, 0.29) is 24.8 Å². The standard InChI is InChI=1S/C32H45N3O3.2ClH/c1-33-14-11-23-7-9-30(36-4)26(17-23)21-28-19-25(13-16-35-3)20-29(32(28)38-6)22-27-18-24(12-15-34-2)8-10-31(27)37-5;;/h7-10,17-20,33-35H,11-16,21-22H2,1-6H3;2*1H. The van der Waals surface area contributed by atoms with E-state index in [1.807, 2.05) is 21.1 Å². The van der Waals surface area contributed by atoms with E-state index in [4.69, 9.17) is 14.2 Å². The Bertz CT molecular complexity index is 1090. The van der Waals surface area contributed by atoms with E-state index in [9.17, 15) is 0 Å². The maximum Gasteiger partial charge on any atom is 0.125 e. The topological polar surface area (TPSA) is 63.8 Å². The molecule has 0 radical (unpaired) electrons. The maximum absolute atomic E-state index is 6.10. The third-order valence-corrected chi connectivity index (χ3v) is 6.95. The van der Waals surface area contributed by atoms with E-state index in [0.717, 1.165) is 69.0 Å². The Hall–Kier alpha value is -2.48. The van der Waals surface area contributed by atoms with Crippen LogP contribution in [0.25, 0.3) is 0 Å². The Balaban J connectivity index is 0.00000400. The molecule has 0 saturated carbocycles. The Labute approximate surface area is 253 Å². The first-order chi connectivity index (χ1) is 18.6. The van der Waals surface area contributed by atoms with E-state index in [0.29, 0.717) is 0 Å². The van der Waals surface area contributed by atoms with Crippen molar-refractivity contribution in [3.63, 3.8) is 0 Å². The maximum atomic E-state index is 6.10. The normalized spacial score (nSPS) is 10.4. The number of hydrogen-bond donors (Lipinski definition) is 3. The summed E-state index contributed by atoms with van der Waals surface area (Å²) in [6.45, 7) is 2.79. The van der Waals surface area contributed by atoms with Crippen LogP contribution in [-0.4, -0.2) is 62.1 Å². The molecule has 0 aromatic heterocycles. The highest BCUT2D eigenvalue weighted by Crippen LogP contribution is 2.34. The lowest BCUT2D eigenvalue weighted by molar-refractivity contribution is 0.400. The number of methoxy groups -OCH3 is 3. The van der Waals surface area contributed by atoms with E-state index in [1.165, 1.54) is 38.9 Å². The molecule has 3 aromatic carbocycles. The van der Waals surface area contributed by atoms with Gasteiger partial charge >= 0.3 is 0 Å². The van der Waals surface area contributed by atoms with Gasteiger partial charge < -0.3 is 30.2 Å². The molecule has 3 rings (SSSR count). The van der Waals surface area contributed by atoms with Crippen molar-refractivity contribution in [1.82, 2.24) is 16.0 Å². The van der Waals surface area contributed by atoms with Crippen LogP contribution in [0.3, 0.4) is 0 Å². The van der Waals surface area contributed by atoms with Crippen molar-refractivity contribution in [3.05, 3.63) is 87.5 Å². The van der Waals surface area contributed by atoms with Gasteiger partial charge in [-0.15, -0.1) is 24.8 Å². The molecule has 8 heteroatoms. The molecule has 0 aliphatic rings. The number of hydrogen-bond acceptors (Lipinski definition) is 6. The first-order valence-electron chi connectivity index (χ1n) is 13.5. The smallest absolute Gasteiger partial charge is 0.125 e. The fraction of sp³-hybridized carbons (Fsp3) is 0.438. The van der Waals surface area contributed by atoms with E-state index >= 15 is 0 Å². The molecule has 0 fully saturated rings. The van der Waals surface area contributed by atoms with Gasteiger partial charge in [0.15, 0.2) is 0 Å². The van der Waals surface area contributed by atoms with Crippen LogP contribution in [-0.2, 0) is 32.1 Å². The molecule has 6 nitrogen and oxygen atoms in total. The lowest BCUT2D eigenvalue weighted by atomic mass is 9.92. The van der Waals surface area contributed by atoms with E-state index < -0.39 is 0 Å². The molecule has 3 aromatic rings. The zero-order valence-corrected chi connectivity index (χ0v) is 26.4. The zero-order valence-electron chi connectivity index (χ0n) is 24.8. The summed E-state index contributed by atoms with van der Waals surface area (Å²) in [6, 6.07) is 17.6. The molecule has 0 aliphatic carbocycles. The van der Waals surface area contributed by atoms with E-state index in [1.54, 1.807) is 21.3 Å². The summed E-state index contributed by atoms with van der Waals surface area (Å²) in [5, 5.41) is 9.78. The first kappa shape index (κ1) is 35.5. The van der Waals surface area contributed by atoms with Crippen LogP contribution in [0.1, 0.15) is 38.9 Å². The molecule has 0 amide bonds. The number of benzene rings is 3. The summed E-state index contributed by atoms with van der Waals surface area (Å²) in [6.07, 6.45) is 4.36. The molecule has 0 aliphatic heterocycles. The van der Waals surface area contributed by atoms with Crippen LogP contribution in [0, 0.1) is 0 Å². The van der Waals surface area contributed by atoms with Crippen molar-refractivity contribution in [2.45, 2.75) is 32.1 Å². The Morgan fingerprint density at radius 3 is 1.23 bits per heavy atom. The van der Waals surface area contributed by atoms with Gasteiger partial charge in [-0.3, -0.25) is 0 Å². The highest BCUT2D eigenvalue weighted by atomic mass is 35.5. The predicted molar refractivity (Wildman–Crippen MR) is 172 cm³/mol. The minimum Gasteiger partial charge on any atom is -0.496 e. The van der Waals surface area contributed by atoms with Crippen LogP contribution in [0.2, 0.25) is 0 Å². The lowest BCUT2D eigenvalue weighted by Gasteiger charge is -2.19. The summed E-state index contributed by atoms with van der Waals surface area (Å²) < 4.78 is 17.6. The molecule has 0 heterocycles. The van der Waals surface area contributed by atoms with Gasteiger partial charge in [0.1, 0.15) is 17.2 Å². The van der Waals surface area contributed by atoms with Gasteiger partial charge in [-0.1, -0.05) is 36.4 Å². The van der Waals surface area contributed by atoms with Crippen LogP contribution in [0.15, 0.2) is 48.5 Å². The quantitative estimate of drug-likeness (QED) is 0.217. The Kier molecular flexibility index (Phi) is 16.7. The third kappa shape index (κ3) is 9.86. The molecule has 0 bridgehead atoms. The molecule has 0 unspecified atom stereocenters. The van der Waals surface area contributed by atoms with Crippen molar-refractivity contribution in [3.8, 4) is 17.2 Å². The largest absolute Gasteiger partial charge is 0.496 e. The average molecular weight is 593 g/mol. The number of rotatable bonds is 16. The average Bonchev–Trinajstić information content (AvgIpc) is 2.94. The van der Waals surface area contributed by atoms with Crippen LogP contribution < -0.4 is 30.2 Å². The summed E-state index contributed by atoms with van der Waals surface area (Å²) in [5.41, 5.74) is 8.56. The van der Waals surface area contributed by atoms with Crippen LogP contribution >= 0.6 is 24.8 Å². The van der Waals surface area contributed by atoms with Gasteiger partial charge in [-0.25, -0.2) is 0 Å². The van der Waals surface area contributed by atoms with Crippen LogP contribution in [0.4, 0.5) is 0 Å². The highest BCUT2D eigenvalue weighted by Gasteiger charge is 2.17. The SMILES string of the molecule is CNCCc1ccc(OC)c(Cc2cc(CCNC)cc(Cc3cc(CCNC)ccc3OC)c2OC)c1.Cl.Cl. The fourth-order valence-electron chi connectivity index (χ4n) is 4.97. The van der Waals surface area contributed by atoms with Crippen molar-refractivity contribution >= 4 is 24.8 Å². The van der Waals surface area contributed by atoms with Crippen molar-refractivity contribution in [2.24, 2.45) is 0 Å². The number of halogens is 2. The molecule has 0 atom stereocenters. The molecule has 3 N–H and O–H groups in total. The summed E-state index contributed by atoms with van der Waals surface area (Å²) in [7, 11) is 11.2. The monoisotopic (exact) mass is 591 g/mol. The van der Waals surface area contributed by atoms with Crippen molar-refractivity contribution in [1.29, 1.82) is 0 Å². The van der Waals surface area contributed by atoms with Gasteiger partial charge in [-0.2, -0.15) is 0 Å². The van der Waals surface area contributed by atoms with Gasteiger partial charge in [-0.05, 0) is 111 Å². The molecule has 222 valence electrons. The molecule has 0 saturated heterocycles. The van der Waals surface area contributed by atoms with Crippen molar-refractivity contribution < 1.29 is 14.2 Å². The second kappa shape index (κ2) is 18.8. The second-order valence-corrected chi connectivity index (χ2v) is 9.65. The van der Waals surface area contributed by atoms with Crippen molar-refractivity contribution in [2.75, 3.05) is 62.1 Å². The first-order valence-corrected chi connectivity index (χ1v) is 13.5. The summed E-state index contributed by atoms with van der Waals surface area (Å²) >= 11 is 0. The van der Waals surface area contributed by atoms with E-state index in [2.05, 4.69) is 64.5 Å². The lowest BCUT2D eigenvalue weighted by Crippen LogP contribution is -2.12. The second-order valence-electron chi connectivity index (χ2n) is 9.65. The summed E-state index contributed by atoms with van der Waals surface area (Å²) in [4.78, 5) is 0. The van der Waals surface area contributed by atoms with Crippen LogP contribution in [0.5, 0.6) is 17.2 Å². The molecular weight excluding hydrogens is 545 g/mol. The molecular formula is C32H47Cl2N3O3. The Morgan fingerprint density at radius 2 is 0.875 bits per heavy atom. The zero-order chi connectivity index (χ0) is 27.3. The molecule has 0 spiro atoms. The number of likely N-dealkylation sites (N-methyl/N-ethyl adjacent to an activating group) is 3. The van der Waals surface area contributed by atoms with Gasteiger partial charge in [0.05, 0.1) is 21.3 Å². The van der Waals surface area contributed by atoms with Gasteiger partial charge in [0.25, 0.3) is 0 Å². The number of nitrogens with one attached hydrogen (secondary N) is 3. The minimum absolute atomic E-state index is 0. The molecule has 40 heavy (non-hydrogen) atoms. The van der Waals surface area contributed by atoms with Gasteiger partial charge in [0.2, 0.25) is 0 Å². The predicted octanol–water partition coefficient (Wildman–Crippen LogP) is 5.02.